The number of piperidine rings is 1. The zero-order valence-electron chi connectivity index (χ0n) is 21.6. The molecule has 0 bridgehead atoms. The van der Waals surface area contributed by atoms with E-state index >= 15 is 0 Å². The molecule has 3 heterocycles. The van der Waals surface area contributed by atoms with Crippen molar-refractivity contribution in [2.24, 2.45) is 5.41 Å². The first-order valence-electron chi connectivity index (χ1n) is 13.1. The van der Waals surface area contributed by atoms with E-state index in [1.54, 1.807) is 6.07 Å². The molecule has 2 aliphatic heterocycles. The molecule has 8 nitrogen and oxygen atoms in total. The maximum absolute atomic E-state index is 13.5. The minimum absolute atomic E-state index is 0.0340. The van der Waals surface area contributed by atoms with E-state index in [4.69, 9.17) is 4.98 Å². The van der Waals surface area contributed by atoms with Crippen molar-refractivity contribution in [2.45, 2.75) is 64.8 Å². The molecule has 5 rings (SSSR count). The summed E-state index contributed by atoms with van der Waals surface area (Å²) in [5.74, 6) is 1.21. The van der Waals surface area contributed by atoms with E-state index < -0.39 is 5.54 Å². The first-order chi connectivity index (χ1) is 17.2. The Balaban J connectivity index is 1.41. The number of nitrogens with zero attached hydrogens (tertiary/aromatic N) is 3. The van der Waals surface area contributed by atoms with Crippen molar-refractivity contribution in [2.75, 3.05) is 46.7 Å². The van der Waals surface area contributed by atoms with Gasteiger partial charge in [-0.2, -0.15) is 0 Å². The molecule has 2 saturated heterocycles. The average Bonchev–Trinajstić information content (AvgIpc) is 3.47. The maximum Gasteiger partial charge on any atom is 0.259 e. The van der Waals surface area contributed by atoms with Gasteiger partial charge in [0.25, 0.3) is 5.91 Å². The second kappa shape index (κ2) is 9.39. The van der Waals surface area contributed by atoms with Gasteiger partial charge in [-0.05, 0) is 88.1 Å². The summed E-state index contributed by atoms with van der Waals surface area (Å²) in [7, 11) is 0. The summed E-state index contributed by atoms with van der Waals surface area (Å²) >= 11 is 0. The molecule has 0 radical (unpaired) electrons. The molecule has 8 heteroatoms. The van der Waals surface area contributed by atoms with Crippen LogP contribution < -0.4 is 20.4 Å². The molecule has 2 amide bonds. The molecule has 3 aliphatic rings. The molecule has 2 aromatic rings. The summed E-state index contributed by atoms with van der Waals surface area (Å²) in [5.41, 5.74) is 3.03. The van der Waals surface area contributed by atoms with Crippen molar-refractivity contribution in [3.05, 3.63) is 41.5 Å². The minimum Gasteiger partial charge on any atom is -0.394 e. The number of carbonyl (C=O) groups is 2. The van der Waals surface area contributed by atoms with Crippen LogP contribution >= 0.6 is 0 Å². The fourth-order valence-electron chi connectivity index (χ4n) is 5.27. The number of rotatable bonds is 7. The fraction of sp³-hybridized carbons (Fsp3) is 0.536. The van der Waals surface area contributed by atoms with Crippen LogP contribution in [0.2, 0.25) is 0 Å². The highest BCUT2D eigenvalue weighted by atomic mass is 16.3. The molecule has 192 valence electrons. The second-order valence-electron chi connectivity index (χ2n) is 11.3. The number of carbonyl (C=O) groups excluding carboxylic acids is 2. The van der Waals surface area contributed by atoms with Crippen molar-refractivity contribution in [1.29, 1.82) is 0 Å². The standard InChI is InChI=1S/C28H37N5O3/c1-19-6-7-20(17-22(19)33-14-4-5-24(33)35)29-26(36)21-8-9-23(31-27(2,3)18-34)30-25(21)32-15-12-28(10-11-28)13-16-32/h6-9,17,34H,4-5,10-16,18H2,1-3H3,(H,29,36)(H,30,31). The number of nitrogens with one attached hydrogen (secondary N) is 2. The van der Waals surface area contributed by atoms with Gasteiger partial charge in [0.2, 0.25) is 5.91 Å². The first kappa shape index (κ1) is 24.6. The highest BCUT2D eigenvalue weighted by Crippen LogP contribution is 2.54. The maximum atomic E-state index is 13.5. The van der Waals surface area contributed by atoms with E-state index in [0.29, 0.717) is 41.3 Å². The molecule has 0 atom stereocenters. The Labute approximate surface area is 213 Å². The van der Waals surface area contributed by atoms with Crippen molar-refractivity contribution < 1.29 is 14.7 Å². The summed E-state index contributed by atoms with van der Waals surface area (Å²) in [5, 5.41) is 16.0. The number of amides is 2. The third-order valence-corrected chi connectivity index (χ3v) is 7.89. The van der Waals surface area contributed by atoms with Crippen LogP contribution in [0.15, 0.2) is 30.3 Å². The largest absolute Gasteiger partial charge is 0.394 e. The van der Waals surface area contributed by atoms with Crippen molar-refractivity contribution >= 4 is 34.8 Å². The lowest BCUT2D eigenvalue weighted by Gasteiger charge is -2.34. The third kappa shape index (κ3) is 5.05. The molecule has 1 saturated carbocycles. The molecular formula is C28H37N5O3. The van der Waals surface area contributed by atoms with Crippen molar-refractivity contribution in [3.8, 4) is 0 Å². The summed E-state index contributed by atoms with van der Waals surface area (Å²) < 4.78 is 0. The molecule has 1 spiro atoms. The van der Waals surface area contributed by atoms with E-state index in [1.807, 2.05) is 49.9 Å². The van der Waals surface area contributed by atoms with Crippen LogP contribution in [0.5, 0.6) is 0 Å². The smallest absolute Gasteiger partial charge is 0.259 e. The molecule has 1 aromatic carbocycles. The van der Waals surface area contributed by atoms with Crippen LogP contribution in [0, 0.1) is 12.3 Å². The van der Waals surface area contributed by atoms with Gasteiger partial charge in [0.1, 0.15) is 11.6 Å². The highest BCUT2D eigenvalue weighted by molar-refractivity contribution is 6.08. The molecule has 1 aromatic heterocycles. The van der Waals surface area contributed by atoms with E-state index in [-0.39, 0.29) is 18.4 Å². The van der Waals surface area contributed by atoms with Crippen LogP contribution in [-0.2, 0) is 4.79 Å². The summed E-state index contributed by atoms with van der Waals surface area (Å²) in [6.07, 6.45) is 6.29. The van der Waals surface area contributed by atoms with Crippen LogP contribution in [0.1, 0.15) is 68.3 Å². The van der Waals surface area contributed by atoms with Gasteiger partial charge < -0.3 is 25.5 Å². The van der Waals surface area contributed by atoms with Gasteiger partial charge in [-0.15, -0.1) is 0 Å². The Hall–Kier alpha value is -3.13. The first-order valence-corrected chi connectivity index (χ1v) is 13.1. The van der Waals surface area contributed by atoms with E-state index in [1.165, 1.54) is 12.8 Å². The second-order valence-corrected chi connectivity index (χ2v) is 11.3. The molecule has 3 fully saturated rings. The van der Waals surface area contributed by atoms with Crippen molar-refractivity contribution in [3.63, 3.8) is 0 Å². The van der Waals surface area contributed by atoms with E-state index in [0.717, 1.165) is 43.6 Å². The van der Waals surface area contributed by atoms with Crippen LogP contribution in [0.25, 0.3) is 0 Å². The fourth-order valence-corrected chi connectivity index (χ4v) is 5.27. The summed E-state index contributed by atoms with van der Waals surface area (Å²) in [4.78, 5) is 34.7. The van der Waals surface area contributed by atoms with Gasteiger partial charge in [0.05, 0.1) is 17.7 Å². The number of aromatic nitrogens is 1. The lowest BCUT2D eigenvalue weighted by atomic mass is 9.93. The Kier molecular flexibility index (Phi) is 6.41. The number of benzene rings is 1. The molecule has 1 aliphatic carbocycles. The Morgan fingerprint density at radius 1 is 1.11 bits per heavy atom. The van der Waals surface area contributed by atoms with Gasteiger partial charge in [0.15, 0.2) is 0 Å². The Morgan fingerprint density at radius 3 is 2.50 bits per heavy atom. The Bertz CT molecular complexity index is 1160. The third-order valence-electron chi connectivity index (χ3n) is 7.89. The number of aryl methyl sites for hydroxylation is 1. The number of hydrogen-bond donors (Lipinski definition) is 3. The van der Waals surface area contributed by atoms with Crippen LogP contribution in [0.4, 0.5) is 23.0 Å². The van der Waals surface area contributed by atoms with Crippen LogP contribution in [0.3, 0.4) is 0 Å². The zero-order chi connectivity index (χ0) is 25.5. The predicted octanol–water partition coefficient (Wildman–Crippen LogP) is 4.33. The molecule has 3 N–H and O–H groups in total. The summed E-state index contributed by atoms with van der Waals surface area (Å²) in [6.45, 7) is 8.24. The number of pyridine rings is 1. The van der Waals surface area contributed by atoms with E-state index in [2.05, 4.69) is 15.5 Å². The Morgan fingerprint density at radius 2 is 1.86 bits per heavy atom. The molecule has 36 heavy (non-hydrogen) atoms. The lowest BCUT2D eigenvalue weighted by Crippen LogP contribution is -2.38. The minimum atomic E-state index is -0.528. The zero-order valence-corrected chi connectivity index (χ0v) is 21.6. The topological polar surface area (TPSA) is 97.8 Å². The van der Waals surface area contributed by atoms with Gasteiger partial charge in [0, 0.05) is 37.4 Å². The number of hydrogen-bond acceptors (Lipinski definition) is 6. The van der Waals surface area contributed by atoms with E-state index in [9.17, 15) is 14.7 Å². The highest BCUT2D eigenvalue weighted by Gasteiger charge is 2.45. The van der Waals surface area contributed by atoms with Gasteiger partial charge in [-0.25, -0.2) is 4.98 Å². The monoisotopic (exact) mass is 491 g/mol. The average molecular weight is 492 g/mol. The predicted molar refractivity (Wildman–Crippen MR) is 143 cm³/mol. The van der Waals surface area contributed by atoms with Crippen molar-refractivity contribution in [1.82, 2.24) is 4.98 Å². The van der Waals surface area contributed by atoms with Gasteiger partial charge in [-0.1, -0.05) is 6.07 Å². The number of aliphatic hydroxyl groups excluding tert-OH is 1. The molecule has 0 unspecified atom stereocenters. The lowest BCUT2D eigenvalue weighted by molar-refractivity contribution is -0.117. The van der Waals surface area contributed by atoms with Gasteiger partial charge in [-0.3, -0.25) is 9.59 Å². The number of aliphatic hydroxyl groups is 1. The summed E-state index contributed by atoms with van der Waals surface area (Å²) in [6, 6.07) is 9.32. The number of anilines is 4. The normalized spacial score (nSPS) is 19.1. The molecular weight excluding hydrogens is 454 g/mol. The van der Waals surface area contributed by atoms with Gasteiger partial charge >= 0.3 is 0 Å². The van der Waals surface area contributed by atoms with Crippen LogP contribution in [-0.4, -0.2) is 53.7 Å². The SMILES string of the molecule is Cc1ccc(NC(=O)c2ccc(NC(C)(C)CO)nc2N2CCC3(CC2)CC3)cc1N1CCCC1=O. The quantitative estimate of drug-likeness (QED) is 0.533.